The maximum atomic E-state index is 9.63. The molecule has 2 rings (SSSR count). The quantitative estimate of drug-likeness (QED) is 0.743. The molecule has 1 aromatic rings. The average Bonchev–Trinajstić information content (AvgIpc) is 2.59. The molecule has 1 fully saturated rings. The molecule has 1 aromatic heterocycles. The fourth-order valence-corrected chi connectivity index (χ4v) is 3.04. The van der Waals surface area contributed by atoms with E-state index >= 15 is 0 Å². The van der Waals surface area contributed by atoms with E-state index in [1.807, 2.05) is 5.38 Å². The highest BCUT2D eigenvalue weighted by atomic mass is 35.5. The number of halogens is 1. The van der Waals surface area contributed by atoms with Gasteiger partial charge in [-0.25, -0.2) is 0 Å². The molecule has 12 heavy (non-hydrogen) atoms. The van der Waals surface area contributed by atoms with Crippen LogP contribution in [-0.4, -0.2) is 11.2 Å². The smallest absolute Gasteiger partial charge is 0.0609 e. The van der Waals surface area contributed by atoms with Crippen LogP contribution >= 0.6 is 22.9 Å². The summed E-state index contributed by atoms with van der Waals surface area (Å²) in [5, 5.41) is 14.4. The van der Waals surface area contributed by atoms with Gasteiger partial charge in [-0.3, -0.25) is 0 Å². The molecule has 0 saturated heterocycles. The van der Waals surface area contributed by atoms with Crippen molar-refractivity contribution in [2.24, 2.45) is 0 Å². The zero-order valence-corrected chi connectivity index (χ0v) is 8.24. The highest BCUT2D eigenvalue weighted by Crippen LogP contribution is 2.39. The molecular weight excluding hydrogens is 192 g/mol. The molecule has 0 aliphatic heterocycles. The number of aliphatic hydroxyl groups is 1. The van der Waals surface area contributed by atoms with Gasteiger partial charge in [-0.2, -0.15) is 11.3 Å². The van der Waals surface area contributed by atoms with Crippen LogP contribution in [0.25, 0.3) is 0 Å². The number of aliphatic hydroxyl groups excluding tert-OH is 1. The second kappa shape index (κ2) is 3.36. The summed E-state index contributed by atoms with van der Waals surface area (Å²) in [6, 6.07) is 0. The van der Waals surface area contributed by atoms with Crippen LogP contribution in [0.4, 0.5) is 0 Å². The van der Waals surface area contributed by atoms with Crippen molar-refractivity contribution in [3.05, 3.63) is 21.3 Å². The van der Waals surface area contributed by atoms with Gasteiger partial charge in [0, 0.05) is 11.3 Å². The topological polar surface area (TPSA) is 20.2 Å². The lowest BCUT2D eigenvalue weighted by molar-refractivity contribution is 0.164. The average molecular weight is 203 g/mol. The van der Waals surface area contributed by atoms with Gasteiger partial charge in [-0.1, -0.05) is 18.0 Å². The normalized spacial score (nSPS) is 29.5. The molecule has 0 aromatic carbocycles. The molecule has 66 valence electrons. The fourth-order valence-electron chi connectivity index (χ4n) is 1.86. The van der Waals surface area contributed by atoms with Crippen molar-refractivity contribution in [2.45, 2.75) is 31.3 Å². The van der Waals surface area contributed by atoms with E-state index in [1.165, 1.54) is 0 Å². The summed E-state index contributed by atoms with van der Waals surface area (Å²) < 4.78 is 0. The Morgan fingerprint density at radius 2 is 2.25 bits per heavy atom. The van der Waals surface area contributed by atoms with Gasteiger partial charge in [-0.05, 0) is 23.8 Å². The van der Waals surface area contributed by atoms with Gasteiger partial charge in [0.2, 0.25) is 0 Å². The van der Waals surface area contributed by atoms with Gasteiger partial charge in [0.25, 0.3) is 0 Å². The largest absolute Gasteiger partial charge is 0.392 e. The molecular formula is C9H11ClOS. The van der Waals surface area contributed by atoms with Crippen LogP contribution in [0.2, 0.25) is 5.02 Å². The Labute approximate surface area is 81.0 Å². The molecule has 3 heteroatoms. The van der Waals surface area contributed by atoms with E-state index in [0.29, 0.717) is 5.92 Å². The molecule has 1 N–H and O–H groups in total. The first-order chi connectivity index (χ1) is 5.79. The minimum absolute atomic E-state index is 0.169. The van der Waals surface area contributed by atoms with E-state index in [9.17, 15) is 5.11 Å². The van der Waals surface area contributed by atoms with Crippen molar-refractivity contribution in [3.63, 3.8) is 0 Å². The SMILES string of the molecule is O[C@@H]1CCC[C@H]1c1cscc1Cl. The van der Waals surface area contributed by atoms with Crippen molar-refractivity contribution in [2.75, 3.05) is 0 Å². The van der Waals surface area contributed by atoms with Crippen LogP contribution in [0.1, 0.15) is 30.7 Å². The lowest BCUT2D eigenvalue weighted by atomic mass is 9.99. The summed E-state index contributed by atoms with van der Waals surface area (Å²) in [6.07, 6.45) is 2.96. The minimum atomic E-state index is -0.169. The van der Waals surface area contributed by atoms with Crippen molar-refractivity contribution in [3.8, 4) is 0 Å². The van der Waals surface area contributed by atoms with E-state index in [1.54, 1.807) is 11.3 Å². The number of hydrogen-bond acceptors (Lipinski definition) is 2. The van der Waals surface area contributed by atoms with E-state index in [0.717, 1.165) is 29.8 Å². The molecule has 2 atom stereocenters. The molecule has 0 unspecified atom stereocenters. The first kappa shape index (κ1) is 8.54. The van der Waals surface area contributed by atoms with Crippen LogP contribution in [0.5, 0.6) is 0 Å². The Hall–Kier alpha value is -0.0500. The molecule has 0 spiro atoms. The van der Waals surface area contributed by atoms with Gasteiger partial charge in [0.15, 0.2) is 0 Å². The maximum absolute atomic E-state index is 9.63. The molecule has 1 heterocycles. The van der Waals surface area contributed by atoms with Crippen LogP contribution < -0.4 is 0 Å². The van der Waals surface area contributed by atoms with Crippen molar-refractivity contribution >= 4 is 22.9 Å². The van der Waals surface area contributed by atoms with Gasteiger partial charge >= 0.3 is 0 Å². The van der Waals surface area contributed by atoms with Gasteiger partial charge in [0.1, 0.15) is 0 Å². The second-order valence-corrected chi connectivity index (χ2v) is 4.43. The monoisotopic (exact) mass is 202 g/mol. The van der Waals surface area contributed by atoms with Crippen molar-refractivity contribution in [1.29, 1.82) is 0 Å². The Bertz CT molecular complexity index is 271. The van der Waals surface area contributed by atoms with Crippen molar-refractivity contribution < 1.29 is 5.11 Å². The Morgan fingerprint density at radius 3 is 2.75 bits per heavy atom. The molecule has 1 aliphatic rings. The summed E-state index contributed by atoms with van der Waals surface area (Å²) in [5.74, 6) is 0.295. The van der Waals surface area contributed by atoms with Crippen LogP contribution in [0.15, 0.2) is 10.8 Å². The number of thiophene rings is 1. The third-order valence-corrected chi connectivity index (χ3v) is 3.74. The summed E-state index contributed by atoms with van der Waals surface area (Å²) in [4.78, 5) is 0. The Morgan fingerprint density at radius 1 is 1.42 bits per heavy atom. The third-order valence-electron chi connectivity index (χ3n) is 2.52. The Kier molecular flexibility index (Phi) is 2.40. The van der Waals surface area contributed by atoms with Crippen molar-refractivity contribution in [1.82, 2.24) is 0 Å². The van der Waals surface area contributed by atoms with Crippen LogP contribution in [0.3, 0.4) is 0 Å². The fraction of sp³-hybridized carbons (Fsp3) is 0.556. The molecule has 0 radical (unpaired) electrons. The van der Waals surface area contributed by atoms with Crippen LogP contribution in [0, 0.1) is 0 Å². The molecule has 1 nitrogen and oxygen atoms in total. The zero-order chi connectivity index (χ0) is 8.55. The third kappa shape index (κ3) is 1.39. The Balaban J connectivity index is 2.24. The lowest BCUT2D eigenvalue weighted by Gasteiger charge is -2.12. The summed E-state index contributed by atoms with van der Waals surface area (Å²) in [6.45, 7) is 0. The van der Waals surface area contributed by atoms with Gasteiger partial charge in [0.05, 0.1) is 11.1 Å². The van der Waals surface area contributed by atoms with E-state index in [-0.39, 0.29) is 6.10 Å². The number of hydrogen-bond donors (Lipinski definition) is 1. The first-order valence-electron chi connectivity index (χ1n) is 4.18. The maximum Gasteiger partial charge on any atom is 0.0609 e. The highest BCUT2D eigenvalue weighted by Gasteiger charge is 2.28. The predicted octanol–water partition coefficient (Wildman–Crippen LogP) is 3.03. The first-order valence-corrected chi connectivity index (χ1v) is 5.51. The molecule has 0 amide bonds. The van der Waals surface area contributed by atoms with Gasteiger partial charge < -0.3 is 5.11 Å². The van der Waals surface area contributed by atoms with E-state index in [2.05, 4.69) is 5.38 Å². The summed E-state index contributed by atoms with van der Waals surface area (Å²) in [5.41, 5.74) is 1.15. The lowest BCUT2D eigenvalue weighted by Crippen LogP contribution is -2.10. The number of rotatable bonds is 1. The minimum Gasteiger partial charge on any atom is -0.392 e. The van der Waals surface area contributed by atoms with Crippen LogP contribution in [-0.2, 0) is 0 Å². The van der Waals surface area contributed by atoms with E-state index < -0.39 is 0 Å². The standard InChI is InChI=1S/C9H11ClOS/c10-8-5-12-4-7(8)6-2-1-3-9(6)11/h4-6,9,11H,1-3H2/t6-,9+/m0/s1. The predicted molar refractivity (Wildman–Crippen MR) is 51.9 cm³/mol. The van der Waals surface area contributed by atoms with E-state index in [4.69, 9.17) is 11.6 Å². The highest BCUT2D eigenvalue weighted by molar-refractivity contribution is 7.08. The summed E-state index contributed by atoms with van der Waals surface area (Å²) in [7, 11) is 0. The second-order valence-electron chi connectivity index (χ2n) is 3.28. The molecule has 0 bridgehead atoms. The van der Waals surface area contributed by atoms with Gasteiger partial charge in [-0.15, -0.1) is 0 Å². The zero-order valence-electron chi connectivity index (χ0n) is 6.66. The molecule has 1 aliphatic carbocycles. The molecule has 1 saturated carbocycles. The summed E-state index contributed by atoms with van der Waals surface area (Å²) >= 11 is 7.60.